The van der Waals surface area contributed by atoms with Crippen LogP contribution in [0, 0.1) is 5.21 Å². The van der Waals surface area contributed by atoms with Gasteiger partial charge in [-0.3, -0.25) is 9.52 Å². The summed E-state index contributed by atoms with van der Waals surface area (Å²) < 4.78 is 28.8. The number of benzene rings is 2. The van der Waals surface area contributed by atoms with E-state index in [0.717, 1.165) is 11.8 Å². The smallest absolute Gasteiger partial charge is 0.261 e. The van der Waals surface area contributed by atoms with E-state index in [4.69, 9.17) is 11.6 Å². The number of rotatable bonds is 5. The van der Waals surface area contributed by atoms with Gasteiger partial charge in [0.2, 0.25) is 5.78 Å². The number of nitrogens with zero attached hydrogens (tertiary/aromatic N) is 1. The molecule has 156 valence electrons. The number of pyridine rings is 1. The van der Waals surface area contributed by atoms with Gasteiger partial charge in [0.1, 0.15) is 0 Å². The molecule has 1 aromatic heterocycles. The molecule has 0 saturated carbocycles. The number of anilines is 1. The number of carbonyl (C=O) groups is 1. The van der Waals surface area contributed by atoms with Crippen molar-refractivity contribution >= 4 is 33.1 Å². The van der Waals surface area contributed by atoms with Gasteiger partial charge in [-0.25, -0.2) is 8.42 Å². The van der Waals surface area contributed by atoms with Crippen molar-refractivity contribution < 1.29 is 17.9 Å². The Morgan fingerprint density at radius 2 is 1.73 bits per heavy atom. The molecule has 30 heavy (non-hydrogen) atoms. The van der Waals surface area contributed by atoms with E-state index in [0.29, 0.717) is 4.73 Å². The zero-order valence-electron chi connectivity index (χ0n) is 16.7. The first-order valence-corrected chi connectivity index (χ1v) is 11.0. The van der Waals surface area contributed by atoms with Crippen molar-refractivity contribution in [2.24, 2.45) is 0 Å². The molecule has 0 aliphatic rings. The van der Waals surface area contributed by atoms with Gasteiger partial charge in [-0.2, -0.15) is 4.73 Å². The zero-order valence-corrected chi connectivity index (χ0v) is 18.3. The summed E-state index contributed by atoms with van der Waals surface area (Å²) in [6.07, 6.45) is 2.37. The fraction of sp³-hybridized carbons (Fsp3) is 0.182. The van der Waals surface area contributed by atoms with Crippen LogP contribution in [0.3, 0.4) is 0 Å². The van der Waals surface area contributed by atoms with Crippen LogP contribution in [0.15, 0.2) is 71.9 Å². The van der Waals surface area contributed by atoms with E-state index in [1.165, 1.54) is 48.7 Å². The van der Waals surface area contributed by atoms with Crippen molar-refractivity contribution in [2.45, 2.75) is 31.1 Å². The Balaban J connectivity index is 1.97. The molecule has 0 unspecified atom stereocenters. The number of aromatic nitrogens is 1. The number of ketones is 1. The molecule has 0 saturated heterocycles. The monoisotopic (exact) mass is 444 g/mol. The second-order valence-corrected chi connectivity index (χ2v) is 9.97. The van der Waals surface area contributed by atoms with Gasteiger partial charge in [-0.15, -0.1) is 0 Å². The summed E-state index contributed by atoms with van der Waals surface area (Å²) in [5.41, 5.74) is 1.12. The normalized spacial score (nSPS) is 11.9. The molecule has 1 heterocycles. The maximum atomic E-state index is 12.9. The molecular weight excluding hydrogens is 424 g/mol. The molecular formula is C22H21ClN2O4S. The van der Waals surface area contributed by atoms with Crippen LogP contribution in [0.2, 0.25) is 5.02 Å². The summed E-state index contributed by atoms with van der Waals surface area (Å²) in [7, 11) is -3.95. The van der Waals surface area contributed by atoms with Gasteiger partial charge in [-0.05, 0) is 47.4 Å². The van der Waals surface area contributed by atoms with Gasteiger partial charge >= 0.3 is 0 Å². The van der Waals surface area contributed by atoms with E-state index in [-0.39, 0.29) is 32.1 Å². The highest BCUT2D eigenvalue weighted by molar-refractivity contribution is 7.92. The summed E-state index contributed by atoms with van der Waals surface area (Å²) >= 11 is 6.03. The summed E-state index contributed by atoms with van der Waals surface area (Å²) in [6.45, 7) is 6.11. The molecule has 3 rings (SSSR count). The van der Waals surface area contributed by atoms with Crippen LogP contribution in [-0.2, 0) is 15.4 Å². The van der Waals surface area contributed by atoms with Crippen molar-refractivity contribution in [3.63, 3.8) is 0 Å². The summed E-state index contributed by atoms with van der Waals surface area (Å²) in [5.74, 6) is -0.525. The van der Waals surface area contributed by atoms with E-state index in [1.54, 1.807) is 12.1 Å². The Morgan fingerprint density at radius 1 is 1.07 bits per heavy atom. The Morgan fingerprint density at radius 3 is 2.33 bits per heavy atom. The predicted octanol–water partition coefficient (Wildman–Crippen LogP) is 4.30. The van der Waals surface area contributed by atoms with Crippen LogP contribution in [0.1, 0.15) is 42.3 Å². The maximum absolute atomic E-state index is 12.9. The predicted molar refractivity (Wildman–Crippen MR) is 116 cm³/mol. The van der Waals surface area contributed by atoms with E-state index >= 15 is 0 Å². The number of sulfonamides is 1. The van der Waals surface area contributed by atoms with Crippen molar-refractivity contribution in [3.05, 3.63) is 93.9 Å². The first kappa shape index (κ1) is 21.8. The summed E-state index contributed by atoms with van der Waals surface area (Å²) in [5, 5.41) is 11.8. The average Bonchev–Trinajstić information content (AvgIpc) is 2.68. The largest absolute Gasteiger partial charge is 0.619 e. The van der Waals surface area contributed by atoms with Crippen LogP contribution in [0.5, 0.6) is 0 Å². The molecule has 2 aromatic carbocycles. The molecule has 0 amide bonds. The van der Waals surface area contributed by atoms with Gasteiger partial charge < -0.3 is 5.21 Å². The summed E-state index contributed by atoms with van der Waals surface area (Å²) in [4.78, 5) is 13.0. The third kappa shape index (κ3) is 4.80. The lowest BCUT2D eigenvalue weighted by molar-refractivity contribution is -0.605. The highest BCUT2D eigenvalue weighted by Crippen LogP contribution is 2.27. The van der Waals surface area contributed by atoms with Gasteiger partial charge in [-0.1, -0.05) is 44.5 Å². The number of nitrogens with one attached hydrogen (secondary N) is 1. The molecule has 0 spiro atoms. The van der Waals surface area contributed by atoms with Crippen molar-refractivity contribution in [2.75, 3.05) is 4.72 Å². The molecule has 0 fully saturated rings. The van der Waals surface area contributed by atoms with Crippen molar-refractivity contribution in [1.29, 1.82) is 0 Å². The zero-order chi connectivity index (χ0) is 22.1. The second kappa shape index (κ2) is 8.08. The molecule has 0 radical (unpaired) electrons. The minimum Gasteiger partial charge on any atom is -0.619 e. The van der Waals surface area contributed by atoms with Crippen molar-refractivity contribution in [1.82, 2.24) is 0 Å². The molecule has 8 heteroatoms. The van der Waals surface area contributed by atoms with Gasteiger partial charge in [0.15, 0.2) is 12.4 Å². The van der Waals surface area contributed by atoms with Crippen LogP contribution >= 0.6 is 11.6 Å². The SMILES string of the molecule is CC(C)(C)c1ccc(S(=O)(=O)Nc2ccc(Cl)cc2C(=O)c2ccc[n+]([O-])c2)cc1. The lowest BCUT2D eigenvalue weighted by atomic mass is 9.87. The van der Waals surface area contributed by atoms with Crippen LogP contribution in [0.25, 0.3) is 0 Å². The van der Waals surface area contributed by atoms with E-state index in [9.17, 15) is 18.4 Å². The quantitative estimate of drug-likeness (QED) is 0.361. The number of carbonyl (C=O) groups excluding carboxylic acids is 1. The van der Waals surface area contributed by atoms with Crippen molar-refractivity contribution in [3.8, 4) is 0 Å². The van der Waals surface area contributed by atoms with Gasteiger partial charge in [0.05, 0.1) is 16.1 Å². The fourth-order valence-electron chi connectivity index (χ4n) is 2.88. The molecule has 6 nitrogen and oxygen atoms in total. The number of hydrogen-bond donors (Lipinski definition) is 1. The lowest BCUT2D eigenvalue weighted by Gasteiger charge is -2.19. The van der Waals surface area contributed by atoms with Crippen LogP contribution in [-0.4, -0.2) is 14.2 Å². The van der Waals surface area contributed by atoms with Gasteiger partial charge in [0, 0.05) is 16.7 Å². The highest BCUT2D eigenvalue weighted by Gasteiger charge is 2.22. The minimum absolute atomic E-state index is 0.0450. The maximum Gasteiger partial charge on any atom is 0.261 e. The topological polar surface area (TPSA) is 90.2 Å². The first-order valence-electron chi connectivity index (χ1n) is 9.14. The van der Waals surface area contributed by atoms with E-state index < -0.39 is 15.8 Å². The molecule has 0 bridgehead atoms. The summed E-state index contributed by atoms with van der Waals surface area (Å²) in [6, 6.07) is 13.8. The van der Waals surface area contributed by atoms with Crippen LogP contribution in [0.4, 0.5) is 5.69 Å². The third-order valence-electron chi connectivity index (χ3n) is 4.54. The Bertz CT molecular complexity index is 1200. The second-order valence-electron chi connectivity index (χ2n) is 7.85. The Labute approximate surface area is 180 Å². The van der Waals surface area contributed by atoms with Gasteiger partial charge in [0.25, 0.3) is 10.0 Å². The highest BCUT2D eigenvalue weighted by atomic mass is 35.5. The first-order chi connectivity index (χ1) is 14.0. The lowest BCUT2D eigenvalue weighted by Crippen LogP contribution is -2.26. The third-order valence-corrected chi connectivity index (χ3v) is 6.15. The Kier molecular flexibility index (Phi) is 5.87. The van der Waals surface area contributed by atoms with E-state index in [2.05, 4.69) is 4.72 Å². The van der Waals surface area contributed by atoms with E-state index in [1.807, 2.05) is 20.8 Å². The molecule has 0 aliphatic heterocycles. The molecule has 1 N–H and O–H groups in total. The molecule has 0 aliphatic carbocycles. The number of hydrogen-bond acceptors (Lipinski definition) is 4. The number of halogens is 1. The Hall–Kier alpha value is -2.90. The standard InChI is InChI=1S/C22H21ClN2O4S/c1-22(2,3)16-6-9-18(10-7-16)30(28,29)24-20-11-8-17(23)13-19(20)21(26)15-5-4-12-25(27)14-15/h4-14,24H,1-3H3. The molecule has 0 atom stereocenters. The minimum atomic E-state index is -3.95. The van der Waals surface area contributed by atoms with Crippen LogP contribution < -0.4 is 9.45 Å². The fourth-order valence-corrected chi connectivity index (χ4v) is 4.13. The molecule has 3 aromatic rings. The average molecular weight is 445 g/mol.